The number of nitrogen functional groups attached to an aromatic ring is 1. The molecule has 4 rings (SSSR count). The average Bonchev–Trinajstić information content (AvgIpc) is 2.62. The molecule has 1 fully saturated rings. The Morgan fingerprint density at radius 3 is 2.54 bits per heavy atom. The summed E-state index contributed by atoms with van der Waals surface area (Å²) in [6.07, 6.45) is 0. The van der Waals surface area contributed by atoms with Gasteiger partial charge in [0, 0.05) is 49.2 Å². The van der Waals surface area contributed by atoms with E-state index in [1.165, 1.54) is 11.8 Å². The molecule has 1 aromatic heterocycles. The minimum Gasteiger partial charge on any atom is -0.456 e. The highest BCUT2D eigenvalue weighted by Gasteiger charge is 2.12. The van der Waals surface area contributed by atoms with E-state index in [0.717, 1.165) is 31.7 Å². The molecule has 3 aromatic rings. The average molecular weight is 321 g/mol. The molecule has 24 heavy (non-hydrogen) atoms. The van der Waals surface area contributed by atoms with Gasteiger partial charge in [-0.25, -0.2) is 0 Å². The zero-order valence-electron chi connectivity index (χ0n) is 13.3. The molecule has 0 radical (unpaired) electrons. The summed E-state index contributed by atoms with van der Waals surface area (Å²) in [5.74, 6) is 0.560. The number of benzene rings is 2. The summed E-state index contributed by atoms with van der Waals surface area (Å²) in [7, 11) is 0. The van der Waals surface area contributed by atoms with Crippen LogP contribution in [0.5, 0.6) is 0 Å². The first-order chi connectivity index (χ1) is 11.7. The van der Waals surface area contributed by atoms with E-state index in [4.69, 9.17) is 10.2 Å². The van der Waals surface area contributed by atoms with Gasteiger partial charge < -0.3 is 20.4 Å². The first-order valence-electron chi connectivity index (χ1n) is 8.11. The third-order valence-electron chi connectivity index (χ3n) is 4.42. The highest BCUT2D eigenvalue weighted by Crippen LogP contribution is 2.26. The van der Waals surface area contributed by atoms with Crippen LogP contribution in [0.3, 0.4) is 0 Å². The number of rotatable bonds is 2. The van der Waals surface area contributed by atoms with Gasteiger partial charge in [-0.1, -0.05) is 6.07 Å². The summed E-state index contributed by atoms with van der Waals surface area (Å²) in [4.78, 5) is 14.7. The molecular formula is C19H19N3O2. The van der Waals surface area contributed by atoms with Crippen LogP contribution in [0.15, 0.2) is 57.7 Å². The smallest absolute Gasteiger partial charge is 0.195 e. The van der Waals surface area contributed by atoms with Gasteiger partial charge in [0.25, 0.3) is 0 Å². The number of nitrogens with two attached hydrogens (primary N) is 1. The lowest BCUT2D eigenvalue weighted by molar-refractivity contribution is 0.589. The van der Waals surface area contributed by atoms with E-state index in [1.54, 1.807) is 18.2 Å². The van der Waals surface area contributed by atoms with Crippen LogP contribution in [-0.4, -0.2) is 26.2 Å². The van der Waals surface area contributed by atoms with Gasteiger partial charge in [-0.2, -0.15) is 0 Å². The molecule has 0 bridgehead atoms. The molecular weight excluding hydrogens is 302 g/mol. The Morgan fingerprint density at radius 1 is 1.04 bits per heavy atom. The Morgan fingerprint density at radius 2 is 1.79 bits per heavy atom. The second kappa shape index (κ2) is 6.02. The monoisotopic (exact) mass is 321 g/mol. The Bertz CT molecular complexity index is 925. The van der Waals surface area contributed by atoms with E-state index in [9.17, 15) is 4.79 Å². The molecule has 0 saturated carbocycles. The van der Waals surface area contributed by atoms with E-state index in [1.807, 2.05) is 12.1 Å². The largest absolute Gasteiger partial charge is 0.456 e. The molecule has 2 heterocycles. The van der Waals surface area contributed by atoms with Crippen molar-refractivity contribution in [2.24, 2.45) is 0 Å². The van der Waals surface area contributed by atoms with E-state index in [0.29, 0.717) is 22.4 Å². The maximum atomic E-state index is 12.4. The van der Waals surface area contributed by atoms with Crippen LogP contribution in [-0.2, 0) is 0 Å². The van der Waals surface area contributed by atoms with Crippen LogP contribution in [0.25, 0.3) is 22.3 Å². The van der Waals surface area contributed by atoms with Crippen molar-refractivity contribution in [2.75, 3.05) is 36.8 Å². The quantitative estimate of drug-likeness (QED) is 0.710. The van der Waals surface area contributed by atoms with Crippen LogP contribution >= 0.6 is 0 Å². The number of hydrogen-bond acceptors (Lipinski definition) is 5. The summed E-state index contributed by atoms with van der Waals surface area (Å²) in [6, 6.07) is 14.9. The van der Waals surface area contributed by atoms with Crippen molar-refractivity contribution in [3.63, 3.8) is 0 Å². The molecule has 1 aliphatic rings. The zero-order valence-corrected chi connectivity index (χ0v) is 13.3. The Hall–Kier alpha value is -2.79. The molecule has 0 atom stereocenters. The van der Waals surface area contributed by atoms with Crippen molar-refractivity contribution in [1.82, 2.24) is 5.32 Å². The first-order valence-corrected chi connectivity index (χ1v) is 8.11. The molecule has 5 nitrogen and oxygen atoms in total. The van der Waals surface area contributed by atoms with E-state index >= 15 is 0 Å². The van der Waals surface area contributed by atoms with Gasteiger partial charge >= 0.3 is 0 Å². The van der Waals surface area contributed by atoms with Crippen molar-refractivity contribution in [2.45, 2.75) is 0 Å². The number of nitrogens with zero attached hydrogens (tertiary/aromatic N) is 1. The number of hydrogen-bond donors (Lipinski definition) is 2. The Kier molecular flexibility index (Phi) is 3.70. The molecule has 3 N–H and O–H groups in total. The summed E-state index contributed by atoms with van der Waals surface area (Å²) < 4.78 is 5.89. The number of anilines is 2. The fourth-order valence-electron chi connectivity index (χ4n) is 3.14. The van der Waals surface area contributed by atoms with Crippen molar-refractivity contribution in [1.29, 1.82) is 0 Å². The van der Waals surface area contributed by atoms with Crippen LogP contribution in [0.1, 0.15) is 0 Å². The number of fused-ring (bicyclic) bond motifs is 1. The fourth-order valence-corrected chi connectivity index (χ4v) is 3.14. The predicted octanol–water partition coefficient (Wildman–Crippen LogP) is 2.45. The standard InChI is InChI=1S/C19H19N3O2/c20-15-2-1-3-17-19(15)16(23)12-18(24-17)13-4-6-14(7-5-13)22-10-8-21-9-11-22/h1-7,12,21H,8-11,20H2. The van der Waals surface area contributed by atoms with Gasteiger partial charge in [0.2, 0.25) is 0 Å². The highest BCUT2D eigenvalue weighted by atomic mass is 16.3. The predicted molar refractivity (Wildman–Crippen MR) is 97.4 cm³/mol. The number of piperazine rings is 1. The number of nitrogens with one attached hydrogen (secondary N) is 1. The van der Waals surface area contributed by atoms with Crippen LogP contribution in [0, 0.1) is 0 Å². The topological polar surface area (TPSA) is 71.5 Å². The van der Waals surface area contributed by atoms with Crippen molar-refractivity contribution in [3.05, 3.63) is 58.8 Å². The second-order valence-electron chi connectivity index (χ2n) is 5.98. The minimum absolute atomic E-state index is 0.115. The van der Waals surface area contributed by atoms with Gasteiger partial charge in [-0.3, -0.25) is 4.79 Å². The molecule has 1 saturated heterocycles. The van der Waals surface area contributed by atoms with Crippen molar-refractivity contribution < 1.29 is 4.42 Å². The van der Waals surface area contributed by atoms with Crippen molar-refractivity contribution in [3.8, 4) is 11.3 Å². The van der Waals surface area contributed by atoms with E-state index in [2.05, 4.69) is 22.3 Å². The van der Waals surface area contributed by atoms with E-state index in [-0.39, 0.29) is 5.43 Å². The Balaban J connectivity index is 1.71. The lowest BCUT2D eigenvalue weighted by atomic mass is 10.1. The third-order valence-corrected chi connectivity index (χ3v) is 4.42. The summed E-state index contributed by atoms with van der Waals surface area (Å²) >= 11 is 0. The fraction of sp³-hybridized carbons (Fsp3) is 0.211. The van der Waals surface area contributed by atoms with Gasteiger partial charge in [-0.05, 0) is 36.4 Å². The molecule has 0 amide bonds. The summed E-state index contributed by atoms with van der Waals surface area (Å²) in [5.41, 5.74) is 8.80. The van der Waals surface area contributed by atoms with E-state index < -0.39 is 0 Å². The molecule has 5 heteroatoms. The van der Waals surface area contributed by atoms with Crippen LogP contribution < -0.4 is 21.4 Å². The zero-order chi connectivity index (χ0) is 16.5. The molecule has 122 valence electrons. The molecule has 0 unspecified atom stereocenters. The lowest BCUT2D eigenvalue weighted by Crippen LogP contribution is -2.43. The highest BCUT2D eigenvalue weighted by molar-refractivity contribution is 5.89. The summed E-state index contributed by atoms with van der Waals surface area (Å²) in [5, 5.41) is 3.79. The molecule has 2 aromatic carbocycles. The second-order valence-corrected chi connectivity index (χ2v) is 5.98. The lowest BCUT2D eigenvalue weighted by Gasteiger charge is -2.29. The van der Waals surface area contributed by atoms with Gasteiger partial charge in [0.05, 0.1) is 5.39 Å². The van der Waals surface area contributed by atoms with Gasteiger partial charge in [0.1, 0.15) is 11.3 Å². The Labute approximate surface area is 139 Å². The maximum absolute atomic E-state index is 12.4. The normalized spacial score (nSPS) is 14.9. The molecule has 1 aliphatic heterocycles. The van der Waals surface area contributed by atoms with Gasteiger partial charge in [0.15, 0.2) is 5.43 Å². The molecule has 0 aliphatic carbocycles. The minimum atomic E-state index is -0.115. The SMILES string of the molecule is Nc1cccc2oc(-c3ccc(N4CCNCC4)cc3)cc(=O)c12. The molecule has 0 spiro atoms. The van der Waals surface area contributed by atoms with Crippen LogP contribution in [0.2, 0.25) is 0 Å². The van der Waals surface area contributed by atoms with Crippen LogP contribution in [0.4, 0.5) is 11.4 Å². The van der Waals surface area contributed by atoms with Gasteiger partial charge in [-0.15, -0.1) is 0 Å². The maximum Gasteiger partial charge on any atom is 0.195 e. The third kappa shape index (κ3) is 2.63. The first kappa shape index (κ1) is 14.8. The summed E-state index contributed by atoms with van der Waals surface area (Å²) in [6.45, 7) is 4.01. The van der Waals surface area contributed by atoms with Crippen molar-refractivity contribution >= 4 is 22.3 Å².